The molecular formula is C9H20N2OSSi. The summed E-state index contributed by atoms with van der Waals surface area (Å²) in [6, 6.07) is 0. The van der Waals surface area contributed by atoms with Gasteiger partial charge in [0.05, 0.1) is 21.3 Å². The molecular weight excluding hydrogens is 212 g/mol. The molecule has 0 aromatic carbocycles. The third-order valence-electron chi connectivity index (χ3n) is 2.07. The van der Waals surface area contributed by atoms with Crippen molar-refractivity contribution in [1.29, 1.82) is 0 Å². The Hall–Kier alpha value is -0.133. The van der Waals surface area contributed by atoms with Crippen molar-refractivity contribution in [3.63, 3.8) is 0 Å². The van der Waals surface area contributed by atoms with Crippen LogP contribution in [0.15, 0.2) is 0 Å². The Bertz CT molecular complexity index is 199. The molecule has 0 aliphatic carbocycles. The first-order valence-corrected chi connectivity index (χ1v) is 9.21. The summed E-state index contributed by atoms with van der Waals surface area (Å²) < 4.78 is 5.27. The summed E-state index contributed by atoms with van der Waals surface area (Å²) in [6.07, 6.45) is 1.06. The van der Waals surface area contributed by atoms with Crippen LogP contribution < -0.4 is 5.32 Å². The Morgan fingerprint density at radius 2 is 1.93 bits per heavy atom. The molecule has 1 heterocycles. The van der Waals surface area contributed by atoms with Gasteiger partial charge in [0.25, 0.3) is 0 Å². The number of thiocarbonyl (C=S) groups is 1. The number of morpholine rings is 1. The zero-order valence-corrected chi connectivity index (χ0v) is 11.1. The second-order valence-electron chi connectivity index (χ2n) is 4.82. The van der Waals surface area contributed by atoms with Crippen molar-refractivity contribution < 1.29 is 4.74 Å². The van der Waals surface area contributed by atoms with E-state index in [4.69, 9.17) is 17.0 Å². The first-order chi connectivity index (χ1) is 6.49. The molecule has 0 unspecified atom stereocenters. The molecule has 3 nitrogen and oxygen atoms in total. The molecule has 0 spiro atoms. The van der Waals surface area contributed by atoms with Crippen molar-refractivity contribution >= 4 is 25.4 Å². The van der Waals surface area contributed by atoms with Gasteiger partial charge in [-0.05, 0) is 12.2 Å². The van der Waals surface area contributed by atoms with E-state index in [1.807, 2.05) is 0 Å². The maximum absolute atomic E-state index is 5.32. The molecule has 1 saturated heterocycles. The molecule has 0 amide bonds. The number of ether oxygens (including phenoxy) is 1. The Morgan fingerprint density at radius 3 is 2.43 bits per heavy atom. The van der Waals surface area contributed by atoms with Gasteiger partial charge in [-0.1, -0.05) is 19.6 Å². The van der Waals surface area contributed by atoms with E-state index in [-0.39, 0.29) is 0 Å². The van der Waals surface area contributed by atoms with Crippen molar-refractivity contribution in [2.45, 2.75) is 19.6 Å². The van der Waals surface area contributed by atoms with Crippen LogP contribution >= 0.6 is 12.2 Å². The van der Waals surface area contributed by atoms with Crippen molar-refractivity contribution in [2.75, 3.05) is 32.5 Å². The summed E-state index contributed by atoms with van der Waals surface area (Å²) in [5, 5.41) is 4.25. The monoisotopic (exact) mass is 232 g/mol. The molecule has 0 aromatic heterocycles. The van der Waals surface area contributed by atoms with Gasteiger partial charge < -0.3 is 15.0 Å². The summed E-state index contributed by atoms with van der Waals surface area (Å²) in [6.45, 7) is 10.5. The Morgan fingerprint density at radius 1 is 1.36 bits per heavy atom. The summed E-state index contributed by atoms with van der Waals surface area (Å²) in [4.78, 5) is 2.19. The van der Waals surface area contributed by atoms with Crippen LogP contribution in [0.4, 0.5) is 0 Å². The van der Waals surface area contributed by atoms with E-state index in [2.05, 4.69) is 29.9 Å². The molecule has 5 heteroatoms. The fourth-order valence-electron chi connectivity index (χ4n) is 1.22. The maximum atomic E-state index is 5.32. The summed E-state index contributed by atoms with van der Waals surface area (Å²) in [7, 11) is -1.04. The van der Waals surface area contributed by atoms with Gasteiger partial charge in [0, 0.05) is 19.3 Å². The lowest BCUT2D eigenvalue weighted by Crippen LogP contribution is -2.49. The van der Waals surface area contributed by atoms with Gasteiger partial charge in [-0.2, -0.15) is 0 Å². The molecule has 1 fully saturated rings. The number of rotatable bonds is 2. The predicted octanol–water partition coefficient (Wildman–Crippen LogP) is 1.07. The number of nitrogens with one attached hydrogen (secondary N) is 1. The first-order valence-electron chi connectivity index (χ1n) is 5.09. The van der Waals surface area contributed by atoms with Gasteiger partial charge in [-0.3, -0.25) is 0 Å². The van der Waals surface area contributed by atoms with Crippen LogP contribution in [0.2, 0.25) is 19.6 Å². The molecule has 1 N–H and O–H groups in total. The average Bonchev–Trinajstić information content (AvgIpc) is 2.14. The van der Waals surface area contributed by atoms with Crippen molar-refractivity contribution in [3.05, 3.63) is 0 Å². The van der Waals surface area contributed by atoms with Crippen molar-refractivity contribution in [1.82, 2.24) is 10.2 Å². The molecule has 1 aliphatic heterocycles. The topological polar surface area (TPSA) is 24.5 Å². The predicted molar refractivity (Wildman–Crippen MR) is 66.3 cm³/mol. The second-order valence-corrected chi connectivity index (χ2v) is 10.7. The minimum absolute atomic E-state index is 0.800. The highest BCUT2D eigenvalue weighted by Crippen LogP contribution is 2.00. The fraction of sp³-hybridized carbons (Fsp3) is 0.889. The summed E-state index contributed by atoms with van der Waals surface area (Å²) >= 11 is 5.32. The molecule has 0 aromatic rings. The van der Waals surface area contributed by atoms with E-state index in [1.54, 1.807) is 0 Å². The van der Waals surface area contributed by atoms with Crippen LogP contribution in [0.1, 0.15) is 0 Å². The van der Waals surface area contributed by atoms with E-state index < -0.39 is 8.07 Å². The molecule has 0 saturated carbocycles. The van der Waals surface area contributed by atoms with Crippen LogP contribution in [0.25, 0.3) is 0 Å². The van der Waals surface area contributed by atoms with Gasteiger partial charge in [0.1, 0.15) is 0 Å². The Labute approximate surface area is 92.8 Å². The zero-order valence-electron chi connectivity index (χ0n) is 9.30. The molecule has 1 rings (SSSR count). The highest BCUT2D eigenvalue weighted by Gasteiger charge is 2.17. The fourth-order valence-corrected chi connectivity index (χ4v) is 2.30. The normalized spacial score (nSPS) is 18.1. The molecule has 1 aliphatic rings. The van der Waals surface area contributed by atoms with E-state index >= 15 is 0 Å². The van der Waals surface area contributed by atoms with Crippen LogP contribution in [-0.2, 0) is 4.74 Å². The van der Waals surface area contributed by atoms with Gasteiger partial charge in [0.15, 0.2) is 5.11 Å². The maximum Gasteiger partial charge on any atom is 0.168 e. The number of hydrogen-bond donors (Lipinski definition) is 1. The van der Waals surface area contributed by atoms with Gasteiger partial charge in [-0.15, -0.1) is 0 Å². The minimum atomic E-state index is -1.04. The quantitative estimate of drug-likeness (QED) is 0.569. The van der Waals surface area contributed by atoms with E-state index in [1.165, 1.54) is 0 Å². The SMILES string of the molecule is C[Si](C)(C)CNC(=S)N1CCOCC1. The van der Waals surface area contributed by atoms with E-state index in [0.717, 1.165) is 37.6 Å². The average molecular weight is 232 g/mol. The molecule has 82 valence electrons. The summed E-state index contributed by atoms with van der Waals surface area (Å²) in [5.74, 6) is 0. The van der Waals surface area contributed by atoms with Crippen molar-refractivity contribution in [3.8, 4) is 0 Å². The lowest BCUT2D eigenvalue weighted by molar-refractivity contribution is 0.0678. The molecule has 14 heavy (non-hydrogen) atoms. The highest BCUT2D eigenvalue weighted by molar-refractivity contribution is 7.80. The lowest BCUT2D eigenvalue weighted by atomic mass is 10.4. The minimum Gasteiger partial charge on any atom is -0.378 e. The molecule has 0 atom stereocenters. The Balaban J connectivity index is 2.27. The highest BCUT2D eigenvalue weighted by atomic mass is 32.1. The summed E-state index contributed by atoms with van der Waals surface area (Å²) in [5.41, 5.74) is 0. The van der Waals surface area contributed by atoms with Crippen LogP contribution in [-0.4, -0.2) is 50.6 Å². The largest absolute Gasteiger partial charge is 0.378 e. The van der Waals surface area contributed by atoms with Gasteiger partial charge in [0.2, 0.25) is 0 Å². The lowest BCUT2D eigenvalue weighted by Gasteiger charge is -2.30. The smallest absolute Gasteiger partial charge is 0.168 e. The van der Waals surface area contributed by atoms with Gasteiger partial charge >= 0.3 is 0 Å². The van der Waals surface area contributed by atoms with Crippen molar-refractivity contribution in [2.24, 2.45) is 0 Å². The third-order valence-corrected chi connectivity index (χ3v) is 3.71. The van der Waals surface area contributed by atoms with Crippen LogP contribution in [0, 0.1) is 0 Å². The van der Waals surface area contributed by atoms with Crippen LogP contribution in [0.5, 0.6) is 0 Å². The second kappa shape index (κ2) is 5.09. The first kappa shape index (κ1) is 11.9. The van der Waals surface area contributed by atoms with Gasteiger partial charge in [-0.25, -0.2) is 0 Å². The third kappa shape index (κ3) is 4.39. The van der Waals surface area contributed by atoms with Crippen LogP contribution in [0.3, 0.4) is 0 Å². The molecule has 0 bridgehead atoms. The zero-order chi connectivity index (χ0) is 10.6. The number of nitrogens with zero attached hydrogens (tertiary/aromatic N) is 1. The van der Waals surface area contributed by atoms with E-state index in [9.17, 15) is 0 Å². The van der Waals surface area contributed by atoms with E-state index in [0.29, 0.717) is 0 Å². The number of hydrogen-bond acceptors (Lipinski definition) is 2. The standard InChI is InChI=1S/C9H20N2OSSi/c1-14(2,3)8-10-9(13)11-4-6-12-7-5-11/h4-8H2,1-3H3,(H,10,13). The Kier molecular flexibility index (Phi) is 4.34. The molecule has 0 radical (unpaired) electrons.